The number of nitrogen functional groups attached to an aromatic ring is 1. The maximum atomic E-state index is 11.6. The predicted octanol–water partition coefficient (Wildman–Crippen LogP) is 0.235. The standard InChI is InChI=1S/C10H15N5O/c1-7-5-8(11)13-9(12-7)6-15-4-3-14(2)10(15)16/h5H,3-4,6H2,1-2H3,(H2,11,12,13). The van der Waals surface area contributed by atoms with Crippen molar-refractivity contribution in [2.75, 3.05) is 25.9 Å². The van der Waals surface area contributed by atoms with Gasteiger partial charge in [0.05, 0.1) is 6.54 Å². The van der Waals surface area contributed by atoms with Crippen LogP contribution in [0.25, 0.3) is 0 Å². The van der Waals surface area contributed by atoms with Gasteiger partial charge in [-0.2, -0.15) is 0 Å². The molecule has 2 amide bonds. The number of carbonyl (C=O) groups excluding carboxylic acids is 1. The molecular weight excluding hydrogens is 206 g/mol. The van der Waals surface area contributed by atoms with Crippen molar-refractivity contribution >= 4 is 11.8 Å². The van der Waals surface area contributed by atoms with Gasteiger partial charge in [-0.15, -0.1) is 0 Å². The molecule has 2 rings (SSSR count). The first-order chi connectivity index (χ1) is 7.56. The van der Waals surface area contributed by atoms with Crippen LogP contribution in [0, 0.1) is 6.92 Å². The van der Waals surface area contributed by atoms with Crippen LogP contribution in [0.4, 0.5) is 10.6 Å². The van der Waals surface area contributed by atoms with E-state index >= 15 is 0 Å². The monoisotopic (exact) mass is 221 g/mol. The maximum Gasteiger partial charge on any atom is 0.320 e. The average molecular weight is 221 g/mol. The first-order valence-electron chi connectivity index (χ1n) is 5.16. The fraction of sp³-hybridized carbons (Fsp3) is 0.500. The van der Waals surface area contributed by atoms with Gasteiger partial charge in [0.15, 0.2) is 0 Å². The average Bonchev–Trinajstić information content (AvgIpc) is 2.48. The summed E-state index contributed by atoms with van der Waals surface area (Å²) in [6.07, 6.45) is 0. The highest BCUT2D eigenvalue weighted by atomic mass is 16.2. The Kier molecular flexibility index (Phi) is 2.64. The Balaban J connectivity index is 2.12. The van der Waals surface area contributed by atoms with Crippen LogP contribution in [-0.4, -0.2) is 45.9 Å². The topological polar surface area (TPSA) is 75.3 Å². The smallest absolute Gasteiger partial charge is 0.320 e. The number of hydrogen-bond donors (Lipinski definition) is 1. The summed E-state index contributed by atoms with van der Waals surface area (Å²) >= 11 is 0. The highest BCUT2D eigenvalue weighted by Gasteiger charge is 2.25. The number of nitrogens with zero attached hydrogens (tertiary/aromatic N) is 4. The molecule has 0 saturated carbocycles. The van der Waals surface area contributed by atoms with Crippen molar-refractivity contribution in [1.82, 2.24) is 19.8 Å². The Morgan fingerprint density at radius 1 is 1.44 bits per heavy atom. The Bertz CT molecular complexity index is 399. The summed E-state index contributed by atoms with van der Waals surface area (Å²) in [6.45, 7) is 3.75. The third-order valence-electron chi connectivity index (χ3n) is 2.56. The van der Waals surface area contributed by atoms with E-state index in [9.17, 15) is 4.79 Å². The van der Waals surface area contributed by atoms with E-state index in [1.165, 1.54) is 0 Å². The molecule has 6 nitrogen and oxygen atoms in total. The minimum absolute atomic E-state index is 0.0173. The number of nitrogens with two attached hydrogens (primary N) is 1. The van der Waals surface area contributed by atoms with Gasteiger partial charge in [-0.25, -0.2) is 14.8 Å². The van der Waals surface area contributed by atoms with Crippen molar-refractivity contribution in [3.05, 3.63) is 17.6 Å². The zero-order chi connectivity index (χ0) is 11.7. The van der Waals surface area contributed by atoms with Crippen LogP contribution in [0.1, 0.15) is 11.5 Å². The van der Waals surface area contributed by atoms with Crippen molar-refractivity contribution in [3.8, 4) is 0 Å². The highest BCUT2D eigenvalue weighted by Crippen LogP contribution is 2.10. The first-order valence-corrected chi connectivity index (χ1v) is 5.16. The number of amides is 2. The van der Waals surface area contributed by atoms with Gasteiger partial charge in [0.25, 0.3) is 0 Å². The van der Waals surface area contributed by atoms with Crippen LogP contribution in [0.3, 0.4) is 0 Å². The molecule has 0 bridgehead atoms. The molecule has 1 saturated heterocycles. The summed E-state index contributed by atoms with van der Waals surface area (Å²) in [5.41, 5.74) is 6.45. The molecule has 16 heavy (non-hydrogen) atoms. The zero-order valence-electron chi connectivity index (χ0n) is 9.47. The van der Waals surface area contributed by atoms with Gasteiger partial charge in [-0.3, -0.25) is 0 Å². The molecule has 1 aliphatic rings. The lowest BCUT2D eigenvalue weighted by atomic mass is 10.4. The quantitative estimate of drug-likeness (QED) is 0.776. The van der Waals surface area contributed by atoms with E-state index in [-0.39, 0.29) is 6.03 Å². The van der Waals surface area contributed by atoms with Crippen LogP contribution >= 0.6 is 0 Å². The lowest BCUT2D eigenvalue weighted by Crippen LogP contribution is -2.29. The summed E-state index contributed by atoms with van der Waals surface area (Å²) < 4.78 is 0. The molecule has 0 unspecified atom stereocenters. The Hall–Kier alpha value is -1.85. The highest BCUT2D eigenvalue weighted by molar-refractivity contribution is 5.76. The van der Waals surface area contributed by atoms with E-state index in [2.05, 4.69) is 9.97 Å². The first kappa shape index (κ1) is 10.7. The van der Waals surface area contributed by atoms with Gasteiger partial charge in [0.2, 0.25) is 0 Å². The van der Waals surface area contributed by atoms with E-state index < -0.39 is 0 Å². The van der Waals surface area contributed by atoms with Crippen LogP contribution in [0.5, 0.6) is 0 Å². The lowest BCUT2D eigenvalue weighted by molar-refractivity contribution is 0.196. The number of rotatable bonds is 2. The van der Waals surface area contributed by atoms with Gasteiger partial charge in [0.1, 0.15) is 11.6 Å². The molecule has 0 atom stereocenters. The molecule has 1 aromatic rings. The van der Waals surface area contributed by atoms with Crippen molar-refractivity contribution in [3.63, 3.8) is 0 Å². The second kappa shape index (κ2) is 3.96. The summed E-state index contributed by atoms with van der Waals surface area (Å²) in [7, 11) is 1.79. The fourth-order valence-electron chi connectivity index (χ4n) is 1.75. The third kappa shape index (κ3) is 2.05. The third-order valence-corrected chi connectivity index (χ3v) is 2.56. The van der Waals surface area contributed by atoms with Crippen molar-refractivity contribution < 1.29 is 4.79 Å². The minimum Gasteiger partial charge on any atom is -0.384 e. The van der Waals surface area contributed by atoms with Gasteiger partial charge in [-0.1, -0.05) is 0 Å². The van der Waals surface area contributed by atoms with Crippen LogP contribution in [0.2, 0.25) is 0 Å². The zero-order valence-corrected chi connectivity index (χ0v) is 9.47. The van der Waals surface area contributed by atoms with E-state index in [4.69, 9.17) is 5.73 Å². The second-order valence-electron chi connectivity index (χ2n) is 3.98. The van der Waals surface area contributed by atoms with E-state index in [0.717, 1.165) is 12.2 Å². The lowest BCUT2D eigenvalue weighted by Gasteiger charge is -2.15. The number of likely N-dealkylation sites (N-methyl/N-ethyl adjacent to an activating group) is 1. The number of urea groups is 1. The summed E-state index contributed by atoms with van der Waals surface area (Å²) in [5, 5.41) is 0. The molecule has 0 spiro atoms. The van der Waals surface area contributed by atoms with Gasteiger partial charge >= 0.3 is 6.03 Å². The Labute approximate surface area is 94.1 Å². The molecule has 1 aliphatic heterocycles. The summed E-state index contributed by atoms with van der Waals surface area (Å²) in [4.78, 5) is 23.4. The molecule has 1 fully saturated rings. The summed E-state index contributed by atoms with van der Waals surface area (Å²) in [5.74, 6) is 1.05. The Morgan fingerprint density at radius 3 is 2.75 bits per heavy atom. The molecule has 2 N–H and O–H groups in total. The SMILES string of the molecule is Cc1cc(N)nc(CN2CCN(C)C2=O)n1. The molecule has 0 aliphatic carbocycles. The van der Waals surface area contributed by atoms with Crippen LogP contribution in [-0.2, 0) is 6.54 Å². The van der Waals surface area contributed by atoms with Gasteiger partial charge in [0, 0.05) is 31.9 Å². The molecule has 0 radical (unpaired) electrons. The molecule has 1 aromatic heterocycles. The number of aryl methyl sites for hydroxylation is 1. The molecule has 0 aromatic carbocycles. The largest absolute Gasteiger partial charge is 0.384 e. The second-order valence-corrected chi connectivity index (χ2v) is 3.98. The number of anilines is 1. The maximum absolute atomic E-state index is 11.6. The number of hydrogen-bond acceptors (Lipinski definition) is 4. The molecule has 6 heteroatoms. The number of aromatic nitrogens is 2. The Morgan fingerprint density at radius 2 is 2.19 bits per heavy atom. The number of carbonyl (C=O) groups is 1. The van der Waals surface area contributed by atoms with Crippen LogP contribution < -0.4 is 5.73 Å². The van der Waals surface area contributed by atoms with Gasteiger partial charge in [-0.05, 0) is 6.92 Å². The van der Waals surface area contributed by atoms with E-state index in [1.807, 2.05) is 6.92 Å². The minimum atomic E-state index is 0.0173. The van der Waals surface area contributed by atoms with E-state index in [1.54, 1.807) is 22.9 Å². The molecule has 86 valence electrons. The molecular formula is C10H15N5O. The van der Waals surface area contributed by atoms with Crippen molar-refractivity contribution in [2.45, 2.75) is 13.5 Å². The molecule has 2 heterocycles. The van der Waals surface area contributed by atoms with Gasteiger partial charge < -0.3 is 15.5 Å². The van der Waals surface area contributed by atoms with Crippen LogP contribution in [0.15, 0.2) is 6.07 Å². The van der Waals surface area contributed by atoms with Crippen molar-refractivity contribution in [2.24, 2.45) is 0 Å². The van der Waals surface area contributed by atoms with E-state index in [0.29, 0.717) is 24.7 Å². The fourth-order valence-corrected chi connectivity index (χ4v) is 1.75. The summed E-state index contributed by atoms with van der Waals surface area (Å²) in [6, 6.07) is 1.73. The predicted molar refractivity (Wildman–Crippen MR) is 59.6 cm³/mol. The van der Waals surface area contributed by atoms with Crippen molar-refractivity contribution in [1.29, 1.82) is 0 Å². The normalized spacial score (nSPS) is 16.0.